The summed E-state index contributed by atoms with van der Waals surface area (Å²) in [6.07, 6.45) is 5.86. The minimum Gasteiger partial charge on any atom is -0.495 e. The van der Waals surface area contributed by atoms with Crippen LogP contribution < -0.4 is 25.2 Å². The first-order valence-electron chi connectivity index (χ1n) is 13.5. The summed E-state index contributed by atoms with van der Waals surface area (Å²) in [5.74, 6) is -4.12. The van der Waals surface area contributed by atoms with Crippen LogP contribution in [0.5, 0.6) is 5.75 Å². The highest BCUT2D eigenvalue weighted by molar-refractivity contribution is 6.02. The van der Waals surface area contributed by atoms with Crippen LogP contribution in [0.3, 0.4) is 0 Å². The molecule has 5 rings (SSSR count). The molecule has 210 valence electrons. The van der Waals surface area contributed by atoms with Gasteiger partial charge in [-0.05, 0) is 37.6 Å². The van der Waals surface area contributed by atoms with Gasteiger partial charge < -0.3 is 25.2 Å². The second-order valence-corrected chi connectivity index (χ2v) is 10.5. The lowest BCUT2D eigenvalue weighted by Crippen LogP contribution is -2.58. The van der Waals surface area contributed by atoms with Gasteiger partial charge in [-0.2, -0.15) is 13.8 Å². The molecule has 0 spiro atoms. The summed E-state index contributed by atoms with van der Waals surface area (Å²) in [5.41, 5.74) is 1.22. The van der Waals surface area contributed by atoms with Gasteiger partial charge in [0.05, 0.1) is 31.6 Å². The number of likely N-dealkylation sites (tertiary alicyclic amines) is 1. The van der Waals surface area contributed by atoms with Crippen LogP contribution in [-0.2, 0) is 4.79 Å². The van der Waals surface area contributed by atoms with E-state index in [0.29, 0.717) is 22.8 Å². The van der Waals surface area contributed by atoms with Gasteiger partial charge in [0.25, 0.3) is 11.8 Å². The zero-order valence-corrected chi connectivity index (χ0v) is 22.5. The summed E-state index contributed by atoms with van der Waals surface area (Å²) in [6.45, 7) is 3.98. The van der Waals surface area contributed by atoms with Crippen molar-refractivity contribution < 1.29 is 23.1 Å². The Balaban J connectivity index is 1.40. The average molecular weight is 544 g/mol. The van der Waals surface area contributed by atoms with Crippen LogP contribution in [0.25, 0.3) is 0 Å². The van der Waals surface area contributed by atoms with Gasteiger partial charge >= 0.3 is 5.92 Å². The summed E-state index contributed by atoms with van der Waals surface area (Å²) < 4.78 is 35.4. The van der Waals surface area contributed by atoms with Crippen molar-refractivity contribution in [1.29, 1.82) is 0 Å². The Morgan fingerprint density at radius 1 is 1.21 bits per heavy atom. The number of ether oxygens (including phenoxy) is 1. The largest absolute Gasteiger partial charge is 0.495 e. The Morgan fingerprint density at radius 2 is 1.95 bits per heavy atom. The smallest absolute Gasteiger partial charge is 0.342 e. The van der Waals surface area contributed by atoms with Crippen LogP contribution >= 0.6 is 0 Å². The second-order valence-electron chi connectivity index (χ2n) is 10.5. The van der Waals surface area contributed by atoms with Crippen molar-refractivity contribution in [3.63, 3.8) is 0 Å². The van der Waals surface area contributed by atoms with Crippen LogP contribution in [0.4, 0.5) is 31.9 Å². The minimum atomic E-state index is -3.55. The van der Waals surface area contributed by atoms with Crippen molar-refractivity contribution in [2.24, 2.45) is 0 Å². The first-order chi connectivity index (χ1) is 18.7. The molecule has 3 aliphatic rings. The van der Waals surface area contributed by atoms with E-state index in [0.717, 1.165) is 56.6 Å². The molecule has 12 heteroatoms. The zero-order valence-electron chi connectivity index (χ0n) is 22.5. The highest BCUT2D eigenvalue weighted by Crippen LogP contribution is 2.39. The molecule has 1 saturated carbocycles. The maximum absolute atomic E-state index is 14.9. The summed E-state index contributed by atoms with van der Waals surface area (Å²) in [5, 5.41) is 6.13. The predicted octanol–water partition coefficient (Wildman–Crippen LogP) is 3.41. The maximum atomic E-state index is 14.9. The Labute approximate surface area is 226 Å². The normalized spacial score (nSPS) is 20.2. The van der Waals surface area contributed by atoms with Crippen molar-refractivity contribution in [2.45, 2.75) is 57.0 Å². The molecule has 0 bridgehead atoms. The number of nitrogens with zero attached hydrogens (tertiary/aromatic N) is 5. The summed E-state index contributed by atoms with van der Waals surface area (Å²) in [7, 11) is 2.82. The number of amides is 2. The van der Waals surface area contributed by atoms with E-state index >= 15 is 0 Å². The van der Waals surface area contributed by atoms with Gasteiger partial charge in [0.2, 0.25) is 5.95 Å². The van der Waals surface area contributed by atoms with Gasteiger partial charge in [0.15, 0.2) is 5.82 Å². The summed E-state index contributed by atoms with van der Waals surface area (Å²) in [6, 6.07) is 5.00. The van der Waals surface area contributed by atoms with E-state index in [4.69, 9.17) is 4.74 Å². The molecule has 0 atom stereocenters. The Bertz CT molecular complexity index is 1230. The lowest BCUT2D eigenvalue weighted by Gasteiger charge is -2.38. The van der Waals surface area contributed by atoms with Crippen molar-refractivity contribution in [3.05, 3.63) is 30.0 Å². The third-order valence-electron chi connectivity index (χ3n) is 7.84. The molecule has 0 unspecified atom stereocenters. The van der Waals surface area contributed by atoms with E-state index < -0.39 is 18.4 Å². The van der Waals surface area contributed by atoms with E-state index in [9.17, 15) is 18.4 Å². The van der Waals surface area contributed by atoms with Crippen LogP contribution in [0.15, 0.2) is 24.4 Å². The number of methoxy groups -OCH3 is 1. The molecular formula is C27H35F2N7O3. The number of carbonyl (C=O) groups is 2. The van der Waals surface area contributed by atoms with Crippen LogP contribution in [-0.4, -0.2) is 85.0 Å². The molecule has 2 aliphatic heterocycles. The number of benzene rings is 1. The molecule has 1 saturated heterocycles. The van der Waals surface area contributed by atoms with Crippen molar-refractivity contribution >= 4 is 35.0 Å². The molecule has 10 nitrogen and oxygen atoms in total. The molecule has 39 heavy (non-hydrogen) atoms. The Kier molecular flexibility index (Phi) is 7.57. The zero-order chi connectivity index (χ0) is 27.7. The van der Waals surface area contributed by atoms with Gasteiger partial charge in [-0.15, -0.1) is 0 Å². The number of aromatic nitrogens is 2. The quantitative estimate of drug-likeness (QED) is 0.548. The summed E-state index contributed by atoms with van der Waals surface area (Å²) >= 11 is 0. The number of hydrogen-bond acceptors (Lipinski definition) is 8. The summed E-state index contributed by atoms with van der Waals surface area (Å²) in [4.78, 5) is 39.0. The molecule has 2 fully saturated rings. The molecule has 1 aromatic carbocycles. The van der Waals surface area contributed by atoms with E-state index in [1.165, 1.54) is 20.4 Å². The molecular weight excluding hydrogens is 508 g/mol. The maximum Gasteiger partial charge on any atom is 0.342 e. The van der Waals surface area contributed by atoms with Gasteiger partial charge in [0.1, 0.15) is 11.4 Å². The van der Waals surface area contributed by atoms with Crippen LogP contribution in [0.1, 0.15) is 49.4 Å². The molecule has 1 aliphatic carbocycles. The standard InChI is InChI=1S/C27H35F2N7O3/c1-4-35-14-18(15-35)31-24(37)17-10-11-20(22(12-17)39-3)32-26-30-13-21-23(33-26)36(19-8-6-5-7-9-19)16-27(28,29)25(38)34(21)2/h10-13,18-19H,4-9,14-16H2,1-3H3,(H,31,37)(H,30,32,33). The predicted molar refractivity (Wildman–Crippen MR) is 144 cm³/mol. The van der Waals surface area contributed by atoms with E-state index in [1.807, 2.05) is 0 Å². The van der Waals surface area contributed by atoms with E-state index in [-0.39, 0.29) is 29.6 Å². The number of hydrogen-bond donors (Lipinski definition) is 2. The van der Waals surface area contributed by atoms with Gasteiger partial charge in [0, 0.05) is 31.7 Å². The third kappa shape index (κ3) is 5.47. The lowest BCUT2D eigenvalue weighted by molar-refractivity contribution is -0.140. The topological polar surface area (TPSA) is 103 Å². The number of likely N-dealkylation sites (N-methyl/N-ethyl adjacent to an activating group) is 1. The fourth-order valence-corrected chi connectivity index (χ4v) is 5.52. The van der Waals surface area contributed by atoms with Crippen molar-refractivity contribution in [1.82, 2.24) is 20.2 Å². The first kappa shape index (κ1) is 27.0. The molecule has 1 aromatic heterocycles. The van der Waals surface area contributed by atoms with E-state index in [1.54, 1.807) is 23.1 Å². The number of rotatable bonds is 7. The van der Waals surface area contributed by atoms with Gasteiger partial charge in [-0.25, -0.2) is 4.98 Å². The van der Waals surface area contributed by atoms with Crippen LogP contribution in [0, 0.1) is 0 Å². The molecule has 2 aromatic rings. The molecule has 0 radical (unpaired) electrons. The van der Waals surface area contributed by atoms with E-state index in [2.05, 4.69) is 32.4 Å². The fraction of sp³-hybridized carbons (Fsp3) is 0.556. The SMILES string of the molecule is CCN1CC(NC(=O)c2ccc(Nc3ncc4c(n3)N(C3CCCCC3)CC(F)(F)C(=O)N4C)c(OC)c2)C1. The number of nitrogens with one attached hydrogen (secondary N) is 2. The first-order valence-corrected chi connectivity index (χ1v) is 13.5. The number of alkyl halides is 2. The molecule has 2 N–H and O–H groups in total. The minimum absolute atomic E-state index is 0.124. The Hall–Kier alpha value is -3.54. The lowest BCUT2D eigenvalue weighted by atomic mass is 9.94. The van der Waals surface area contributed by atoms with Crippen molar-refractivity contribution in [2.75, 3.05) is 55.5 Å². The van der Waals surface area contributed by atoms with Crippen LogP contribution in [0.2, 0.25) is 0 Å². The molecule has 3 heterocycles. The van der Waals surface area contributed by atoms with Gasteiger partial charge in [-0.1, -0.05) is 26.2 Å². The highest BCUT2D eigenvalue weighted by Gasteiger charge is 2.48. The number of halogens is 2. The number of carbonyl (C=O) groups excluding carboxylic acids is 2. The third-order valence-corrected chi connectivity index (χ3v) is 7.84. The monoisotopic (exact) mass is 543 g/mol. The fourth-order valence-electron chi connectivity index (χ4n) is 5.52. The number of fused-ring (bicyclic) bond motifs is 1. The average Bonchev–Trinajstić information content (AvgIpc) is 2.99. The second kappa shape index (κ2) is 10.9. The highest BCUT2D eigenvalue weighted by atomic mass is 19.3. The Morgan fingerprint density at radius 3 is 2.64 bits per heavy atom. The number of anilines is 4. The van der Waals surface area contributed by atoms with Crippen molar-refractivity contribution in [3.8, 4) is 5.75 Å². The molecule has 2 amide bonds. The van der Waals surface area contributed by atoms with Gasteiger partial charge in [-0.3, -0.25) is 14.5 Å².